The van der Waals surface area contributed by atoms with Crippen LogP contribution in [0.4, 0.5) is 0 Å². The van der Waals surface area contributed by atoms with Crippen molar-refractivity contribution in [2.45, 2.75) is 18.8 Å². The first-order valence-corrected chi connectivity index (χ1v) is 4.84. The van der Waals surface area contributed by atoms with Crippen molar-refractivity contribution in [3.63, 3.8) is 0 Å². The molecule has 1 aliphatic heterocycles. The third-order valence-electron chi connectivity index (χ3n) is 2.59. The molecule has 0 amide bonds. The largest absolute Gasteiger partial charge is 0.381 e. The lowest BCUT2D eigenvalue weighted by molar-refractivity contribution is 0.0853. The van der Waals surface area contributed by atoms with Crippen LogP contribution in [-0.4, -0.2) is 18.2 Å². The Labute approximate surface area is 83.3 Å². The molecule has 0 bridgehead atoms. The zero-order chi connectivity index (χ0) is 9.80. The van der Waals surface area contributed by atoms with E-state index in [9.17, 15) is 0 Å². The molecule has 2 rings (SSSR count). The highest BCUT2D eigenvalue weighted by Gasteiger charge is 2.15. The van der Waals surface area contributed by atoms with Crippen LogP contribution in [0.2, 0.25) is 0 Å². The summed E-state index contributed by atoms with van der Waals surface area (Å²) in [5.74, 6) is 0.541. The molecule has 3 nitrogen and oxygen atoms in total. The van der Waals surface area contributed by atoms with Crippen molar-refractivity contribution < 1.29 is 4.74 Å². The number of rotatable bonds is 1. The van der Waals surface area contributed by atoms with E-state index in [2.05, 4.69) is 11.1 Å². The van der Waals surface area contributed by atoms with Crippen LogP contribution < -0.4 is 0 Å². The molecule has 1 aromatic rings. The van der Waals surface area contributed by atoms with Crippen molar-refractivity contribution in [1.29, 1.82) is 5.26 Å². The maximum atomic E-state index is 8.72. The molecule has 0 aliphatic carbocycles. The van der Waals surface area contributed by atoms with Gasteiger partial charge in [0.15, 0.2) is 0 Å². The van der Waals surface area contributed by atoms with E-state index in [1.165, 1.54) is 5.56 Å². The highest BCUT2D eigenvalue weighted by atomic mass is 16.5. The predicted octanol–water partition coefficient (Wildman–Crippen LogP) is 1.85. The maximum absolute atomic E-state index is 8.72. The van der Waals surface area contributed by atoms with Crippen LogP contribution in [0.25, 0.3) is 0 Å². The Morgan fingerprint density at radius 2 is 2.21 bits per heavy atom. The summed E-state index contributed by atoms with van der Waals surface area (Å²) in [5, 5.41) is 8.72. The standard InChI is InChI=1S/C11H12N2O/c12-8-11-7-10(1-4-13-11)9-2-5-14-6-3-9/h1,4,7,9H,2-3,5-6H2. The van der Waals surface area contributed by atoms with Gasteiger partial charge in [-0.25, -0.2) is 4.98 Å². The summed E-state index contributed by atoms with van der Waals surface area (Å²) < 4.78 is 5.30. The third-order valence-corrected chi connectivity index (χ3v) is 2.59. The van der Waals surface area contributed by atoms with Gasteiger partial charge >= 0.3 is 0 Å². The van der Waals surface area contributed by atoms with E-state index in [4.69, 9.17) is 10.00 Å². The molecule has 0 radical (unpaired) electrons. The number of pyridine rings is 1. The van der Waals surface area contributed by atoms with Crippen LogP contribution in [0.5, 0.6) is 0 Å². The van der Waals surface area contributed by atoms with Crippen molar-refractivity contribution in [2.75, 3.05) is 13.2 Å². The highest BCUT2D eigenvalue weighted by Crippen LogP contribution is 2.26. The lowest BCUT2D eigenvalue weighted by Crippen LogP contribution is -2.14. The summed E-state index contributed by atoms with van der Waals surface area (Å²) in [6.07, 6.45) is 3.81. The van der Waals surface area contributed by atoms with E-state index in [0.29, 0.717) is 11.6 Å². The molecule has 0 N–H and O–H groups in total. The van der Waals surface area contributed by atoms with Gasteiger partial charge in [0, 0.05) is 19.4 Å². The Hall–Kier alpha value is -1.40. The minimum absolute atomic E-state index is 0.508. The summed E-state index contributed by atoms with van der Waals surface area (Å²) in [7, 11) is 0. The monoisotopic (exact) mass is 188 g/mol. The number of ether oxygens (including phenoxy) is 1. The van der Waals surface area contributed by atoms with Gasteiger partial charge in [0.05, 0.1) is 0 Å². The number of nitriles is 1. The van der Waals surface area contributed by atoms with Crippen molar-refractivity contribution in [3.8, 4) is 6.07 Å². The fourth-order valence-corrected chi connectivity index (χ4v) is 1.79. The van der Waals surface area contributed by atoms with Crippen LogP contribution in [0.3, 0.4) is 0 Å². The second-order valence-corrected chi connectivity index (χ2v) is 3.47. The lowest BCUT2D eigenvalue weighted by atomic mass is 9.92. The summed E-state index contributed by atoms with van der Waals surface area (Å²) in [4.78, 5) is 3.96. The summed E-state index contributed by atoms with van der Waals surface area (Å²) >= 11 is 0. The molecule has 72 valence electrons. The number of nitrogens with zero attached hydrogens (tertiary/aromatic N) is 2. The molecule has 1 fully saturated rings. The summed E-state index contributed by atoms with van der Waals surface area (Å²) in [5.41, 5.74) is 1.73. The first kappa shape index (κ1) is 9.17. The van der Waals surface area contributed by atoms with Gasteiger partial charge < -0.3 is 4.74 Å². The molecule has 1 saturated heterocycles. The highest BCUT2D eigenvalue weighted by molar-refractivity contribution is 5.28. The normalized spacial score (nSPS) is 17.6. The van der Waals surface area contributed by atoms with Gasteiger partial charge in [0.1, 0.15) is 11.8 Å². The topological polar surface area (TPSA) is 45.9 Å². The van der Waals surface area contributed by atoms with E-state index in [-0.39, 0.29) is 0 Å². The van der Waals surface area contributed by atoms with Gasteiger partial charge in [-0.15, -0.1) is 0 Å². The molecule has 0 saturated carbocycles. The van der Waals surface area contributed by atoms with Gasteiger partial charge in [-0.3, -0.25) is 0 Å². The van der Waals surface area contributed by atoms with Gasteiger partial charge in [-0.1, -0.05) is 0 Å². The van der Waals surface area contributed by atoms with Crippen LogP contribution in [0, 0.1) is 11.3 Å². The van der Waals surface area contributed by atoms with Crippen molar-refractivity contribution >= 4 is 0 Å². The molecule has 0 aromatic carbocycles. The molecule has 1 aromatic heterocycles. The van der Waals surface area contributed by atoms with Gasteiger partial charge in [0.2, 0.25) is 0 Å². The Kier molecular flexibility index (Phi) is 2.76. The molecule has 0 spiro atoms. The first-order chi connectivity index (χ1) is 6.90. The zero-order valence-electron chi connectivity index (χ0n) is 7.94. The van der Waals surface area contributed by atoms with Gasteiger partial charge in [-0.2, -0.15) is 5.26 Å². The Morgan fingerprint density at radius 3 is 2.93 bits per heavy atom. The predicted molar refractivity (Wildman–Crippen MR) is 51.7 cm³/mol. The van der Waals surface area contributed by atoms with Crippen LogP contribution in [0.15, 0.2) is 18.3 Å². The molecule has 2 heterocycles. The quantitative estimate of drug-likeness (QED) is 0.675. The minimum Gasteiger partial charge on any atom is -0.381 e. The molecule has 14 heavy (non-hydrogen) atoms. The van der Waals surface area contributed by atoms with Crippen LogP contribution in [-0.2, 0) is 4.74 Å². The smallest absolute Gasteiger partial charge is 0.140 e. The lowest BCUT2D eigenvalue weighted by Gasteiger charge is -2.22. The van der Waals surface area contributed by atoms with Gasteiger partial charge in [0.25, 0.3) is 0 Å². The number of aromatic nitrogens is 1. The Bertz CT molecular complexity index is 351. The molecular weight excluding hydrogens is 176 g/mol. The van der Waals surface area contributed by atoms with E-state index >= 15 is 0 Å². The first-order valence-electron chi connectivity index (χ1n) is 4.84. The van der Waals surface area contributed by atoms with Crippen molar-refractivity contribution in [2.24, 2.45) is 0 Å². The Morgan fingerprint density at radius 1 is 1.43 bits per heavy atom. The van der Waals surface area contributed by atoms with E-state index in [0.717, 1.165) is 26.1 Å². The third kappa shape index (κ3) is 1.91. The van der Waals surface area contributed by atoms with Gasteiger partial charge in [-0.05, 0) is 36.5 Å². The summed E-state index contributed by atoms with van der Waals surface area (Å²) in [6.45, 7) is 1.66. The fraction of sp³-hybridized carbons (Fsp3) is 0.455. The van der Waals surface area contributed by atoms with Crippen molar-refractivity contribution in [1.82, 2.24) is 4.98 Å². The van der Waals surface area contributed by atoms with E-state index in [1.54, 1.807) is 6.20 Å². The van der Waals surface area contributed by atoms with E-state index in [1.807, 2.05) is 12.1 Å². The molecular formula is C11H12N2O. The van der Waals surface area contributed by atoms with E-state index < -0.39 is 0 Å². The SMILES string of the molecule is N#Cc1cc(C2CCOCC2)ccn1. The fourth-order valence-electron chi connectivity index (χ4n) is 1.79. The van der Waals surface area contributed by atoms with Crippen LogP contribution >= 0.6 is 0 Å². The Balaban J connectivity index is 2.18. The molecule has 0 unspecified atom stereocenters. The molecule has 0 atom stereocenters. The average Bonchev–Trinajstić information content (AvgIpc) is 2.30. The number of hydrogen-bond donors (Lipinski definition) is 0. The molecule has 3 heteroatoms. The second kappa shape index (κ2) is 4.21. The average molecular weight is 188 g/mol. The minimum atomic E-state index is 0.508. The summed E-state index contributed by atoms with van der Waals surface area (Å²) in [6, 6.07) is 5.95. The zero-order valence-corrected chi connectivity index (χ0v) is 7.94. The van der Waals surface area contributed by atoms with Crippen LogP contribution in [0.1, 0.15) is 30.0 Å². The number of hydrogen-bond acceptors (Lipinski definition) is 3. The second-order valence-electron chi connectivity index (χ2n) is 3.47. The maximum Gasteiger partial charge on any atom is 0.140 e. The molecule has 1 aliphatic rings. The van der Waals surface area contributed by atoms with Crippen molar-refractivity contribution in [3.05, 3.63) is 29.6 Å².